The van der Waals surface area contributed by atoms with Crippen molar-refractivity contribution in [3.8, 4) is 0 Å². The summed E-state index contributed by atoms with van der Waals surface area (Å²) in [6, 6.07) is -0.378. The van der Waals surface area contributed by atoms with Gasteiger partial charge in [-0.3, -0.25) is 4.79 Å². The average molecular weight is 432 g/mol. The zero-order valence-electron chi connectivity index (χ0n) is 15.8. The first-order valence-electron chi connectivity index (χ1n) is 9.20. The predicted molar refractivity (Wildman–Crippen MR) is 105 cm³/mol. The van der Waals surface area contributed by atoms with Gasteiger partial charge in [-0.05, 0) is 26.7 Å². The lowest BCUT2D eigenvalue weighted by Crippen LogP contribution is -2.54. The Morgan fingerprint density at radius 2 is 1.69 bits per heavy atom. The number of anilines is 1. The van der Waals surface area contributed by atoms with Crippen LogP contribution >= 0.6 is 12.4 Å². The monoisotopic (exact) mass is 431 g/mol. The molecule has 1 aromatic carbocycles. The lowest BCUT2D eigenvalue weighted by molar-refractivity contribution is 0.0694. The number of hydrogen-bond acceptors (Lipinski definition) is 4. The maximum atomic E-state index is 15.5. The first kappa shape index (κ1) is 21.4. The molecular formula is C19H21ClF3N3O3. The summed E-state index contributed by atoms with van der Waals surface area (Å²) in [5.74, 6) is -5.56. The largest absolute Gasteiger partial charge is 0.477 e. The van der Waals surface area contributed by atoms with Gasteiger partial charge in [-0.15, -0.1) is 12.4 Å². The minimum atomic E-state index is -1.56. The second-order valence-electron chi connectivity index (χ2n) is 7.70. The van der Waals surface area contributed by atoms with E-state index in [1.807, 2.05) is 13.8 Å². The van der Waals surface area contributed by atoms with Crippen LogP contribution in [0.5, 0.6) is 0 Å². The van der Waals surface area contributed by atoms with Crippen LogP contribution in [0.3, 0.4) is 0 Å². The number of carbonyl (C=O) groups is 1. The Labute approximate surface area is 170 Å². The molecule has 1 aromatic heterocycles. The number of piperazine rings is 1. The van der Waals surface area contributed by atoms with Crippen LogP contribution in [0.15, 0.2) is 11.0 Å². The summed E-state index contributed by atoms with van der Waals surface area (Å²) in [5.41, 5.74) is -2.80. The molecule has 2 heterocycles. The van der Waals surface area contributed by atoms with E-state index in [1.165, 1.54) is 9.47 Å². The fourth-order valence-corrected chi connectivity index (χ4v) is 4.06. The number of fused-ring (bicyclic) bond motifs is 1. The van der Waals surface area contributed by atoms with Crippen molar-refractivity contribution >= 4 is 35.0 Å². The zero-order valence-corrected chi connectivity index (χ0v) is 16.7. The fraction of sp³-hybridized carbons (Fsp3) is 0.474. The molecule has 2 atom stereocenters. The molecule has 10 heteroatoms. The van der Waals surface area contributed by atoms with E-state index in [4.69, 9.17) is 0 Å². The van der Waals surface area contributed by atoms with Crippen LogP contribution in [0.25, 0.3) is 10.9 Å². The molecule has 1 aliphatic carbocycles. The Morgan fingerprint density at radius 3 is 2.21 bits per heavy atom. The van der Waals surface area contributed by atoms with Crippen molar-refractivity contribution in [3.05, 3.63) is 39.4 Å². The van der Waals surface area contributed by atoms with E-state index in [-0.39, 0.29) is 49.1 Å². The quantitative estimate of drug-likeness (QED) is 0.731. The fourth-order valence-electron chi connectivity index (χ4n) is 4.06. The van der Waals surface area contributed by atoms with Crippen LogP contribution in [0.2, 0.25) is 0 Å². The number of hydrogen-bond donors (Lipinski definition) is 2. The van der Waals surface area contributed by atoms with Crippen LogP contribution in [-0.4, -0.2) is 40.8 Å². The first-order valence-corrected chi connectivity index (χ1v) is 9.20. The van der Waals surface area contributed by atoms with Crippen LogP contribution in [-0.2, 0) is 0 Å². The molecule has 0 spiro atoms. The van der Waals surface area contributed by atoms with E-state index in [0.717, 1.165) is 6.20 Å². The van der Waals surface area contributed by atoms with E-state index in [1.54, 1.807) is 0 Å². The van der Waals surface area contributed by atoms with Crippen LogP contribution in [0, 0.1) is 17.5 Å². The van der Waals surface area contributed by atoms with Gasteiger partial charge in [0.1, 0.15) is 11.3 Å². The van der Waals surface area contributed by atoms with Crippen LogP contribution in [0.1, 0.15) is 43.1 Å². The summed E-state index contributed by atoms with van der Waals surface area (Å²) in [7, 11) is 0. The minimum Gasteiger partial charge on any atom is -0.477 e. The Kier molecular flexibility index (Phi) is 5.57. The molecule has 158 valence electrons. The summed E-state index contributed by atoms with van der Waals surface area (Å²) in [5, 5.41) is 11.7. The van der Waals surface area contributed by atoms with Gasteiger partial charge < -0.3 is 19.9 Å². The molecule has 0 radical (unpaired) electrons. The Bertz CT molecular complexity index is 1040. The maximum absolute atomic E-state index is 15.5. The highest BCUT2D eigenvalue weighted by molar-refractivity contribution is 5.94. The number of rotatable bonds is 3. The summed E-state index contributed by atoms with van der Waals surface area (Å²) in [4.78, 5) is 25.3. The standard InChI is InChI=1S/C19H20F3N3O3.ClH/c1-8-5-24(6-9(2)23-8)17-14(21)13(20)12-16(15(17)22)25(10-3-4-10)7-11(18(12)26)19(27)28;/h7-10,23H,3-6H2,1-2H3,(H,27,28);1H. The van der Waals surface area contributed by atoms with Crippen molar-refractivity contribution < 1.29 is 23.1 Å². The molecule has 4 rings (SSSR count). The lowest BCUT2D eigenvalue weighted by atomic mass is 10.1. The molecule has 1 saturated heterocycles. The van der Waals surface area contributed by atoms with Crippen molar-refractivity contribution in [1.82, 2.24) is 9.88 Å². The van der Waals surface area contributed by atoms with Crippen molar-refractivity contribution in [1.29, 1.82) is 0 Å². The highest BCUT2D eigenvalue weighted by Crippen LogP contribution is 2.40. The van der Waals surface area contributed by atoms with Gasteiger partial charge in [0.2, 0.25) is 5.43 Å². The zero-order chi connectivity index (χ0) is 20.3. The van der Waals surface area contributed by atoms with Gasteiger partial charge in [-0.1, -0.05) is 0 Å². The number of benzene rings is 1. The number of nitrogens with zero attached hydrogens (tertiary/aromatic N) is 2. The van der Waals surface area contributed by atoms with Gasteiger partial charge in [0, 0.05) is 37.4 Å². The highest BCUT2D eigenvalue weighted by atomic mass is 35.5. The van der Waals surface area contributed by atoms with E-state index in [0.29, 0.717) is 12.8 Å². The number of nitrogens with one attached hydrogen (secondary N) is 1. The van der Waals surface area contributed by atoms with Crippen molar-refractivity contribution in [2.45, 2.75) is 44.8 Å². The molecule has 2 unspecified atom stereocenters. The Balaban J connectivity index is 0.00000240. The number of carboxylic acids is 1. The molecule has 29 heavy (non-hydrogen) atoms. The highest BCUT2D eigenvalue weighted by Gasteiger charge is 2.35. The van der Waals surface area contributed by atoms with E-state index < -0.39 is 45.5 Å². The molecule has 2 fully saturated rings. The Hall–Kier alpha value is -2.26. The number of aromatic nitrogens is 1. The van der Waals surface area contributed by atoms with E-state index in [2.05, 4.69) is 5.32 Å². The molecule has 2 aromatic rings. The second-order valence-corrected chi connectivity index (χ2v) is 7.70. The topological polar surface area (TPSA) is 74.6 Å². The number of carboxylic acid groups (broad SMARTS) is 1. The molecular weight excluding hydrogens is 411 g/mol. The van der Waals surface area contributed by atoms with Gasteiger partial charge in [-0.2, -0.15) is 0 Å². The van der Waals surface area contributed by atoms with Gasteiger partial charge in [0.25, 0.3) is 0 Å². The minimum absolute atomic E-state index is 0. The van der Waals surface area contributed by atoms with Gasteiger partial charge in [0.15, 0.2) is 17.5 Å². The number of aromatic carboxylic acids is 1. The van der Waals surface area contributed by atoms with Crippen LogP contribution < -0.4 is 15.6 Å². The van der Waals surface area contributed by atoms with E-state index >= 15 is 4.39 Å². The molecule has 2 N–H and O–H groups in total. The van der Waals surface area contributed by atoms with Crippen molar-refractivity contribution in [2.75, 3.05) is 18.0 Å². The van der Waals surface area contributed by atoms with Gasteiger partial charge in [0.05, 0.1) is 10.9 Å². The normalized spacial score (nSPS) is 21.9. The van der Waals surface area contributed by atoms with E-state index in [9.17, 15) is 23.5 Å². The summed E-state index contributed by atoms with van der Waals surface area (Å²) in [6.45, 7) is 4.25. The first-order chi connectivity index (χ1) is 13.2. The molecule has 0 bridgehead atoms. The van der Waals surface area contributed by atoms with Gasteiger partial charge in [-0.25, -0.2) is 18.0 Å². The number of pyridine rings is 1. The van der Waals surface area contributed by atoms with Crippen LogP contribution in [0.4, 0.5) is 18.9 Å². The van der Waals surface area contributed by atoms with Crippen molar-refractivity contribution in [2.24, 2.45) is 0 Å². The average Bonchev–Trinajstić information content (AvgIpc) is 3.43. The maximum Gasteiger partial charge on any atom is 0.341 e. The summed E-state index contributed by atoms with van der Waals surface area (Å²) in [6.07, 6.45) is 2.33. The molecule has 0 amide bonds. The molecule has 6 nitrogen and oxygen atoms in total. The third-order valence-corrected chi connectivity index (χ3v) is 5.32. The molecule has 2 aliphatic rings. The summed E-state index contributed by atoms with van der Waals surface area (Å²) < 4.78 is 46.7. The SMILES string of the molecule is CC1CN(c2c(F)c(F)c3c(=O)c(C(=O)O)cn(C4CC4)c3c2F)CC(C)N1.Cl. The van der Waals surface area contributed by atoms with Crippen molar-refractivity contribution in [3.63, 3.8) is 0 Å². The summed E-state index contributed by atoms with van der Waals surface area (Å²) >= 11 is 0. The molecule has 1 aliphatic heterocycles. The van der Waals surface area contributed by atoms with Gasteiger partial charge >= 0.3 is 5.97 Å². The lowest BCUT2D eigenvalue weighted by Gasteiger charge is -2.38. The third kappa shape index (κ3) is 3.46. The molecule has 1 saturated carbocycles. The Morgan fingerprint density at radius 1 is 1.10 bits per heavy atom. The third-order valence-electron chi connectivity index (χ3n) is 5.32. The smallest absolute Gasteiger partial charge is 0.341 e. The second kappa shape index (κ2) is 7.53. The predicted octanol–water partition coefficient (Wildman–Crippen LogP) is 3.06. The number of halogens is 4.